The maximum absolute atomic E-state index is 3.62. The molecule has 0 aliphatic rings. The smallest absolute Gasteiger partial charge is 0.0180 e. The lowest BCUT2D eigenvalue weighted by Crippen LogP contribution is -2.35. The first-order valence-electron chi connectivity index (χ1n) is 5.37. The molecule has 0 aliphatic heterocycles. The number of halogens is 1. The molecule has 2 heteroatoms. The Kier molecular flexibility index (Phi) is 8.46. The largest absolute Gasteiger partial charge is 0.313 e. The molecule has 0 spiro atoms. The highest BCUT2D eigenvalue weighted by atomic mass is 127. The van der Waals surface area contributed by atoms with Crippen LogP contribution in [0.15, 0.2) is 0 Å². The molecule has 0 aromatic rings. The average molecular weight is 297 g/mol. The molecular weight excluding hydrogens is 273 g/mol. The number of hydrogen-bond acceptors (Lipinski definition) is 1. The van der Waals surface area contributed by atoms with Gasteiger partial charge in [-0.05, 0) is 31.2 Å². The first kappa shape index (κ1) is 13.7. The fraction of sp³-hybridized carbons (Fsp3) is 1.00. The van der Waals surface area contributed by atoms with Gasteiger partial charge < -0.3 is 5.32 Å². The SMILES string of the molecule is CC(C)CCCNC(CI)C(C)C. The van der Waals surface area contributed by atoms with E-state index in [4.69, 9.17) is 0 Å². The summed E-state index contributed by atoms with van der Waals surface area (Å²) in [5, 5.41) is 3.62. The molecule has 0 fully saturated rings. The minimum Gasteiger partial charge on any atom is -0.313 e. The van der Waals surface area contributed by atoms with Gasteiger partial charge in [0.25, 0.3) is 0 Å². The lowest BCUT2D eigenvalue weighted by atomic mass is 10.1. The van der Waals surface area contributed by atoms with Crippen molar-refractivity contribution in [3.8, 4) is 0 Å². The van der Waals surface area contributed by atoms with Crippen molar-refractivity contribution in [1.29, 1.82) is 0 Å². The summed E-state index contributed by atoms with van der Waals surface area (Å²) in [4.78, 5) is 0. The van der Waals surface area contributed by atoms with Gasteiger partial charge in [-0.2, -0.15) is 0 Å². The zero-order valence-corrected chi connectivity index (χ0v) is 11.6. The fourth-order valence-corrected chi connectivity index (χ4v) is 2.59. The molecule has 1 atom stereocenters. The first-order chi connectivity index (χ1) is 6.07. The molecule has 0 aromatic heterocycles. The van der Waals surface area contributed by atoms with Gasteiger partial charge in [0.05, 0.1) is 0 Å². The second-order valence-corrected chi connectivity index (χ2v) is 5.38. The van der Waals surface area contributed by atoms with E-state index < -0.39 is 0 Å². The van der Waals surface area contributed by atoms with Gasteiger partial charge in [0.1, 0.15) is 0 Å². The highest BCUT2D eigenvalue weighted by Crippen LogP contribution is 2.06. The lowest BCUT2D eigenvalue weighted by molar-refractivity contribution is 0.421. The third-order valence-corrected chi connectivity index (χ3v) is 3.28. The number of rotatable bonds is 7. The Labute approximate surface area is 97.2 Å². The van der Waals surface area contributed by atoms with E-state index in [9.17, 15) is 0 Å². The van der Waals surface area contributed by atoms with Crippen LogP contribution in [0.25, 0.3) is 0 Å². The van der Waals surface area contributed by atoms with Gasteiger partial charge in [0, 0.05) is 10.5 Å². The van der Waals surface area contributed by atoms with Crippen LogP contribution in [0, 0.1) is 11.8 Å². The summed E-state index contributed by atoms with van der Waals surface area (Å²) in [6, 6.07) is 0.702. The number of alkyl halides is 1. The molecule has 1 N–H and O–H groups in total. The quantitative estimate of drug-likeness (QED) is 0.431. The molecule has 0 aromatic carbocycles. The minimum absolute atomic E-state index is 0.702. The summed E-state index contributed by atoms with van der Waals surface area (Å²) in [6.07, 6.45) is 2.66. The molecule has 13 heavy (non-hydrogen) atoms. The zero-order valence-electron chi connectivity index (χ0n) is 9.44. The molecule has 0 amide bonds. The van der Waals surface area contributed by atoms with Crippen molar-refractivity contribution in [2.24, 2.45) is 11.8 Å². The molecule has 0 saturated heterocycles. The molecule has 0 heterocycles. The molecule has 1 nitrogen and oxygen atoms in total. The summed E-state index contributed by atoms with van der Waals surface area (Å²) in [5.74, 6) is 1.61. The molecule has 0 bridgehead atoms. The van der Waals surface area contributed by atoms with Crippen molar-refractivity contribution in [2.45, 2.75) is 46.6 Å². The molecule has 0 saturated carbocycles. The van der Waals surface area contributed by atoms with Crippen molar-refractivity contribution in [3.63, 3.8) is 0 Å². The van der Waals surface area contributed by atoms with Crippen molar-refractivity contribution in [2.75, 3.05) is 11.0 Å². The van der Waals surface area contributed by atoms with Crippen molar-refractivity contribution >= 4 is 22.6 Å². The molecule has 0 rings (SSSR count). The standard InChI is InChI=1S/C11H24IN/c1-9(2)6-5-7-13-11(8-12)10(3)4/h9-11,13H,5-8H2,1-4H3. The van der Waals surface area contributed by atoms with Crippen LogP contribution in [0.5, 0.6) is 0 Å². The average Bonchev–Trinajstić information content (AvgIpc) is 2.03. The van der Waals surface area contributed by atoms with Crippen LogP contribution in [0.3, 0.4) is 0 Å². The summed E-state index contributed by atoms with van der Waals surface area (Å²) in [6.45, 7) is 10.3. The Morgan fingerprint density at radius 3 is 2.15 bits per heavy atom. The molecule has 1 unspecified atom stereocenters. The van der Waals surface area contributed by atoms with E-state index in [1.54, 1.807) is 0 Å². The predicted octanol–water partition coefficient (Wildman–Crippen LogP) is 3.47. The fourth-order valence-electron chi connectivity index (χ4n) is 1.27. The Balaban J connectivity index is 3.39. The molecule has 80 valence electrons. The van der Waals surface area contributed by atoms with E-state index in [0.29, 0.717) is 6.04 Å². The topological polar surface area (TPSA) is 12.0 Å². The van der Waals surface area contributed by atoms with Crippen molar-refractivity contribution < 1.29 is 0 Å². The highest BCUT2D eigenvalue weighted by Gasteiger charge is 2.09. The van der Waals surface area contributed by atoms with Crippen LogP contribution in [0.2, 0.25) is 0 Å². The monoisotopic (exact) mass is 297 g/mol. The zero-order chi connectivity index (χ0) is 10.3. The van der Waals surface area contributed by atoms with Gasteiger partial charge in [-0.3, -0.25) is 0 Å². The Bertz CT molecular complexity index is 113. The summed E-state index contributed by atoms with van der Waals surface area (Å²) in [5.41, 5.74) is 0. The van der Waals surface area contributed by atoms with Crippen molar-refractivity contribution in [3.05, 3.63) is 0 Å². The van der Waals surface area contributed by atoms with Crippen LogP contribution in [0.4, 0.5) is 0 Å². The van der Waals surface area contributed by atoms with E-state index in [1.807, 2.05) is 0 Å². The van der Waals surface area contributed by atoms with Crippen LogP contribution < -0.4 is 5.32 Å². The maximum atomic E-state index is 3.62. The van der Waals surface area contributed by atoms with E-state index in [1.165, 1.54) is 23.8 Å². The second kappa shape index (κ2) is 8.04. The van der Waals surface area contributed by atoms with Gasteiger partial charge in [-0.1, -0.05) is 50.3 Å². The Hall–Kier alpha value is 0.690. The summed E-state index contributed by atoms with van der Waals surface area (Å²) < 4.78 is 1.22. The maximum Gasteiger partial charge on any atom is 0.0180 e. The van der Waals surface area contributed by atoms with Crippen molar-refractivity contribution in [1.82, 2.24) is 5.32 Å². The van der Waals surface area contributed by atoms with Crippen LogP contribution in [-0.4, -0.2) is 17.0 Å². The predicted molar refractivity (Wildman–Crippen MR) is 69.6 cm³/mol. The van der Waals surface area contributed by atoms with Gasteiger partial charge in [-0.15, -0.1) is 0 Å². The third kappa shape index (κ3) is 7.74. The molecule has 0 aliphatic carbocycles. The molecule has 0 radical (unpaired) electrons. The Morgan fingerprint density at radius 1 is 1.15 bits per heavy atom. The van der Waals surface area contributed by atoms with Gasteiger partial charge in [0.2, 0.25) is 0 Å². The van der Waals surface area contributed by atoms with Gasteiger partial charge in [-0.25, -0.2) is 0 Å². The minimum atomic E-state index is 0.702. The second-order valence-electron chi connectivity index (χ2n) is 4.50. The Morgan fingerprint density at radius 2 is 1.77 bits per heavy atom. The van der Waals surface area contributed by atoms with Crippen LogP contribution >= 0.6 is 22.6 Å². The highest BCUT2D eigenvalue weighted by molar-refractivity contribution is 14.1. The van der Waals surface area contributed by atoms with E-state index in [2.05, 4.69) is 55.6 Å². The first-order valence-corrected chi connectivity index (χ1v) is 6.89. The molecular formula is C11H24IN. The van der Waals surface area contributed by atoms with Crippen LogP contribution in [0.1, 0.15) is 40.5 Å². The summed E-state index contributed by atoms with van der Waals surface area (Å²) in [7, 11) is 0. The van der Waals surface area contributed by atoms with E-state index in [0.717, 1.165) is 11.8 Å². The van der Waals surface area contributed by atoms with Crippen LogP contribution in [-0.2, 0) is 0 Å². The van der Waals surface area contributed by atoms with E-state index >= 15 is 0 Å². The van der Waals surface area contributed by atoms with E-state index in [-0.39, 0.29) is 0 Å². The van der Waals surface area contributed by atoms with Gasteiger partial charge >= 0.3 is 0 Å². The third-order valence-electron chi connectivity index (χ3n) is 2.34. The number of hydrogen-bond donors (Lipinski definition) is 1. The lowest BCUT2D eigenvalue weighted by Gasteiger charge is -2.20. The summed E-state index contributed by atoms with van der Waals surface area (Å²) >= 11 is 2.47. The normalized spacial score (nSPS) is 14.1. The van der Waals surface area contributed by atoms with Gasteiger partial charge in [0.15, 0.2) is 0 Å². The number of nitrogens with one attached hydrogen (secondary N) is 1.